The number of nitrogens with zero attached hydrogens (tertiary/aromatic N) is 2. The maximum Gasteiger partial charge on any atom is 0.293 e. The van der Waals surface area contributed by atoms with Gasteiger partial charge in [-0.3, -0.25) is 14.5 Å². The lowest BCUT2D eigenvalue weighted by molar-refractivity contribution is -0.123. The highest BCUT2D eigenvalue weighted by molar-refractivity contribution is 8.18. The van der Waals surface area contributed by atoms with Gasteiger partial charge in [-0.2, -0.15) is 0 Å². The van der Waals surface area contributed by atoms with E-state index < -0.39 is 0 Å². The van der Waals surface area contributed by atoms with E-state index in [2.05, 4.69) is 0 Å². The molecule has 5 heteroatoms. The van der Waals surface area contributed by atoms with Gasteiger partial charge in [0.2, 0.25) is 0 Å². The Morgan fingerprint density at radius 2 is 1.67 bits per heavy atom. The molecular weight excluding hydrogens is 320 g/mol. The highest BCUT2D eigenvalue weighted by atomic mass is 32.2. The minimum atomic E-state index is -0.231. The summed E-state index contributed by atoms with van der Waals surface area (Å²) in [5.41, 5.74) is 2.94. The second kappa shape index (κ2) is 6.93. The summed E-state index contributed by atoms with van der Waals surface area (Å²) in [5, 5.41) is -0.222. The van der Waals surface area contributed by atoms with E-state index >= 15 is 0 Å². The summed E-state index contributed by atoms with van der Waals surface area (Å²) in [5.74, 6) is -0.231. The van der Waals surface area contributed by atoms with Crippen molar-refractivity contribution < 1.29 is 9.59 Å². The Kier molecular flexibility index (Phi) is 4.71. The monoisotopic (exact) mass is 338 g/mol. The fourth-order valence-electron chi connectivity index (χ4n) is 2.42. The lowest BCUT2D eigenvalue weighted by Crippen LogP contribution is -2.27. The summed E-state index contributed by atoms with van der Waals surface area (Å²) in [6.45, 7) is 0.308. The third kappa shape index (κ3) is 3.51. The molecule has 0 spiro atoms. The van der Waals surface area contributed by atoms with E-state index in [9.17, 15) is 9.59 Å². The first kappa shape index (κ1) is 16.3. The van der Waals surface area contributed by atoms with Crippen molar-refractivity contribution in [2.24, 2.45) is 0 Å². The first-order valence-corrected chi connectivity index (χ1v) is 8.43. The molecule has 0 saturated carbocycles. The van der Waals surface area contributed by atoms with Crippen LogP contribution in [-0.4, -0.2) is 30.1 Å². The van der Waals surface area contributed by atoms with E-state index in [0.29, 0.717) is 11.4 Å². The predicted octanol–water partition coefficient (Wildman–Crippen LogP) is 3.99. The van der Waals surface area contributed by atoms with Crippen molar-refractivity contribution in [3.8, 4) is 0 Å². The summed E-state index contributed by atoms with van der Waals surface area (Å²) >= 11 is 0.994. The van der Waals surface area contributed by atoms with Gasteiger partial charge in [0.05, 0.1) is 11.4 Å². The minimum Gasteiger partial charge on any atom is -0.378 e. The number of hydrogen-bond donors (Lipinski definition) is 0. The third-order valence-corrected chi connectivity index (χ3v) is 4.67. The van der Waals surface area contributed by atoms with Crippen molar-refractivity contribution in [2.75, 3.05) is 19.0 Å². The van der Waals surface area contributed by atoms with Crippen LogP contribution in [0.1, 0.15) is 11.1 Å². The second-order valence-corrected chi connectivity index (χ2v) is 6.73. The second-order valence-electron chi connectivity index (χ2n) is 5.74. The Morgan fingerprint density at radius 3 is 2.29 bits per heavy atom. The van der Waals surface area contributed by atoms with Gasteiger partial charge >= 0.3 is 0 Å². The zero-order chi connectivity index (χ0) is 17.1. The number of carbonyl (C=O) groups excluding carboxylic acids is 2. The highest BCUT2D eigenvalue weighted by Crippen LogP contribution is 2.33. The van der Waals surface area contributed by atoms with Gasteiger partial charge in [-0.15, -0.1) is 0 Å². The number of hydrogen-bond acceptors (Lipinski definition) is 4. The molecule has 2 aromatic rings. The molecule has 0 aromatic heterocycles. The summed E-state index contributed by atoms with van der Waals surface area (Å²) in [6.07, 6.45) is 1.77. The Balaban J connectivity index is 1.78. The molecule has 1 heterocycles. The molecule has 1 aliphatic rings. The average molecular weight is 338 g/mol. The Morgan fingerprint density at radius 1 is 1.00 bits per heavy atom. The maximum atomic E-state index is 12.5. The molecule has 3 rings (SSSR count). The van der Waals surface area contributed by atoms with Crippen LogP contribution in [0.25, 0.3) is 6.08 Å². The topological polar surface area (TPSA) is 40.6 Å². The normalized spacial score (nSPS) is 16.1. The number of thioether (sulfide) groups is 1. The van der Waals surface area contributed by atoms with Crippen LogP contribution in [0.15, 0.2) is 59.5 Å². The zero-order valence-corrected chi connectivity index (χ0v) is 14.4. The fraction of sp³-hybridized carbons (Fsp3) is 0.158. The van der Waals surface area contributed by atoms with Gasteiger partial charge in [0, 0.05) is 19.8 Å². The number of rotatable bonds is 4. The molecule has 2 amide bonds. The highest BCUT2D eigenvalue weighted by Gasteiger charge is 2.34. The Bertz CT molecular complexity index is 783. The van der Waals surface area contributed by atoms with Crippen molar-refractivity contribution in [2.45, 2.75) is 6.54 Å². The molecule has 0 atom stereocenters. The van der Waals surface area contributed by atoms with Crippen LogP contribution >= 0.6 is 11.8 Å². The van der Waals surface area contributed by atoms with Gasteiger partial charge in [-0.1, -0.05) is 42.5 Å². The Hall–Kier alpha value is -2.53. The number of anilines is 1. The van der Waals surface area contributed by atoms with E-state index in [0.717, 1.165) is 28.6 Å². The van der Waals surface area contributed by atoms with Gasteiger partial charge in [-0.05, 0) is 41.1 Å². The first-order chi connectivity index (χ1) is 11.5. The lowest BCUT2D eigenvalue weighted by atomic mass is 10.1. The molecule has 0 radical (unpaired) electrons. The molecule has 0 aliphatic carbocycles. The van der Waals surface area contributed by atoms with Crippen molar-refractivity contribution in [1.82, 2.24) is 4.90 Å². The maximum absolute atomic E-state index is 12.5. The van der Waals surface area contributed by atoms with Crippen LogP contribution in [0.2, 0.25) is 0 Å². The van der Waals surface area contributed by atoms with E-state index in [1.165, 1.54) is 4.90 Å². The van der Waals surface area contributed by atoms with E-state index in [1.54, 1.807) is 6.08 Å². The largest absolute Gasteiger partial charge is 0.378 e. The fourth-order valence-corrected chi connectivity index (χ4v) is 3.26. The number of benzene rings is 2. The van der Waals surface area contributed by atoms with Crippen LogP contribution in [-0.2, 0) is 11.3 Å². The summed E-state index contributed by atoms with van der Waals surface area (Å²) in [6, 6.07) is 17.4. The van der Waals surface area contributed by atoms with E-state index in [-0.39, 0.29) is 11.1 Å². The van der Waals surface area contributed by atoms with Gasteiger partial charge in [-0.25, -0.2) is 0 Å². The molecule has 0 bridgehead atoms. The molecular formula is C19H18N2O2S. The molecule has 2 aromatic carbocycles. The SMILES string of the molecule is CN(C)c1ccc(/C=C2\SC(=O)N(Cc3ccccc3)C2=O)cc1. The molecule has 0 unspecified atom stereocenters. The lowest BCUT2D eigenvalue weighted by Gasteiger charge is -2.12. The van der Waals surface area contributed by atoms with Gasteiger partial charge < -0.3 is 4.90 Å². The van der Waals surface area contributed by atoms with E-state index in [4.69, 9.17) is 0 Å². The third-order valence-electron chi connectivity index (χ3n) is 3.76. The smallest absolute Gasteiger partial charge is 0.293 e. The number of amides is 2. The summed E-state index contributed by atoms with van der Waals surface area (Å²) in [4.78, 5) is 28.4. The van der Waals surface area contributed by atoms with Gasteiger partial charge in [0.25, 0.3) is 11.1 Å². The van der Waals surface area contributed by atoms with Crippen molar-refractivity contribution in [3.05, 3.63) is 70.6 Å². The molecule has 122 valence electrons. The number of imide groups is 1. The summed E-state index contributed by atoms with van der Waals surface area (Å²) < 4.78 is 0. The predicted molar refractivity (Wildman–Crippen MR) is 98.7 cm³/mol. The van der Waals surface area contributed by atoms with Crippen molar-refractivity contribution >= 4 is 34.7 Å². The summed E-state index contributed by atoms with van der Waals surface area (Å²) in [7, 11) is 3.95. The first-order valence-electron chi connectivity index (χ1n) is 7.61. The van der Waals surface area contributed by atoms with E-state index in [1.807, 2.05) is 73.6 Å². The molecule has 1 saturated heterocycles. The Labute approximate surface area is 145 Å². The van der Waals surface area contributed by atoms with Crippen molar-refractivity contribution in [1.29, 1.82) is 0 Å². The molecule has 24 heavy (non-hydrogen) atoms. The van der Waals surface area contributed by atoms with Gasteiger partial charge in [0.15, 0.2) is 0 Å². The molecule has 4 nitrogen and oxygen atoms in total. The standard InChI is InChI=1S/C19H18N2O2S/c1-20(2)16-10-8-14(9-11-16)12-17-18(22)21(19(23)24-17)13-15-6-4-3-5-7-15/h3-12H,13H2,1-2H3/b17-12-. The van der Waals surface area contributed by atoms with Crippen LogP contribution in [0, 0.1) is 0 Å². The van der Waals surface area contributed by atoms with Crippen LogP contribution in [0.3, 0.4) is 0 Å². The zero-order valence-electron chi connectivity index (χ0n) is 13.6. The van der Waals surface area contributed by atoms with Crippen LogP contribution in [0.5, 0.6) is 0 Å². The average Bonchev–Trinajstić information content (AvgIpc) is 2.84. The molecule has 1 fully saturated rings. The molecule has 0 N–H and O–H groups in total. The quantitative estimate of drug-likeness (QED) is 0.791. The van der Waals surface area contributed by atoms with Crippen molar-refractivity contribution in [3.63, 3.8) is 0 Å². The van der Waals surface area contributed by atoms with Crippen LogP contribution < -0.4 is 4.90 Å². The minimum absolute atomic E-state index is 0.222. The van der Waals surface area contributed by atoms with Gasteiger partial charge in [0.1, 0.15) is 0 Å². The number of carbonyl (C=O) groups is 2. The van der Waals surface area contributed by atoms with Crippen LogP contribution in [0.4, 0.5) is 10.5 Å². The molecule has 1 aliphatic heterocycles.